The Morgan fingerprint density at radius 3 is 2.79 bits per heavy atom. The van der Waals surface area contributed by atoms with Gasteiger partial charge in [-0.3, -0.25) is 0 Å². The molecule has 142 valence electrons. The third-order valence-corrected chi connectivity index (χ3v) is 5.63. The van der Waals surface area contributed by atoms with Gasteiger partial charge in [-0.15, -0.1) is 22.7 Å². The van der Waals surface area contributed by atoms with E-state index in [1.165, 1.54) is 11.3 Å². The summed E-state index contributed by atoms with van der Waals surface area (Å²) in [6, 6.07) is 13.1. The molecule has 0 fully saturated rings. The molecule has 28 heavy (non-hydrogen) atoms. The molecule has 0 saturated carbocycles. The standard InChI is InChI=1S/C21H19N3O2S2/c1-2-3-10-26-21(25)15-6-8-17(9-7-15)23-13-16(12-22)20-24-18(14-28-20)19-5-4-11-27-19/h4-9,11,13-14,23H,2-3,10H2,1H3/b16-13+. The monoisotopic (exact) mass is 409 g/mol. The van der Waals surface area contributed by atoms with Gasteiger partial charge in [0, 0.05) is 17.3 Å². The number of unbranched alkanes of at least 4 members (excludes halogenated alkanes) is 1. The summed E-state index contributed by atoms with van der Waals surface area (Å²) in [6.45, 7) is 2.48. The fourth-order valence-corrected chi connectivity index (χ4v) is 3.87. The second kappa shape index (κ2) is 9.83. The van der Waals surface area contributed by atoms with Crippen molar-refractivity contribution in [3.05, 3.63) is 63.9 Å². The molecule has 3 aromatic rings. The van der Waals surface area contributed by atoms with E-state index in [9.17, 15) is 10.1 Å². The van der Waals surface area contributed by atoms with Gasteiger partial charge in [0.05, 0.1) is 22.7 Å². The first-order valence-corrected chi connectivity index (χ1v) is 10.6. The van der Waals surface area contributed by atoms with Gasteiger partial charge >= 0.3 is 5.97 Å². The maximum absolute atomic E-state index is 11.9. The number of carbonyl (C=O) groups excluding carboxylic acids is 1. The Labute approximate surface area is 171 Å². The molecule has 3 rings (SSSR count). The second-order valence-electron chi connectivity index (χ2n) is 5.90. The molecular weight excluding hydrogens is 390 g/mol. The molecule has 0 saturated heterocycles. The zero-order chi connectivity index (χ0) is 19.8. The molecule has 0 aliphatic carbocycles. The third-order valence-electron chi connectivity index (χ3n) is 3.86. The topological polar surface area (TPSA) is 75.0 Å². The van der Waals surface area contributed by atoms with Crippen LogP contribution >= 0.6 is 22.7 Å². The Hall–Kier alpha value is -2.95. The van der Waals surface area contributed by atoms with Crippen molar-refractivity contribution in [3.63, 3.8) is 0 Å². The molecule has 5 nitrogen and oxygen atoms in total. The molecule has 0 bridgehead atoms. The van der Waals surface area contributed by atoms with Crippen LogP contribution in [0.25, 0.3) is 16.1 Å². The lowest BCUT2D eigenvalue weighted by atomic mass is 10.2. The van der Waals surface area contributed by atoms with E-state index in [1.807, 2.05) is 29.8 Å². The molecule has 1 aromatic carbocycles. The molecule has 7 heteroatoms. The molecule has 0 radical (unpaired) electrons. The first kappa shape index (κ1) is 19.8. The van der Waals surface area contributed by atoms with E-state index in [1.54, 1.807) is 41.8 Å². The van der Waals surface area contributed by atoms with Crippen LogP contribution in [-0.2, 0) is 4.74 Å². The van der Waals surface area contributed by atoms with Gasteiger partial charge in [-0.25, -0.2) is 9.78 Å². The highest BCUT2D eigenvalue weighted by Crippen LogP contribution is 2.28. The first-order chi connectivity index (χ1) is 13.7. The molecule has 0 aliphatic rings. The molecule has 0 atom stereocenters. The van der Waals surface area contributed by atoms with E-state index in [2.05, 4.69) is 16.4 Å². The molecule has 0 aliphatic heterocycles. The summed E-state index contributed by atoms with van der Waals surface area (Å²) in [7, 11) is 0. The molecule has 0 spiro atoms. The zero-order valence-electron chi connectivity index (χ0n) is 15.3. The van der Waals surface area contributed by atoms with Crippen molar-refractivity contribution in [2.24, 2.45) is 0 Å². The summed E-state index contributed by atoms with van der Waals surface area (Å²) < 4.78 is 5.19. The predicted molar refractivity (Wildman–Crippen MR) is 114 cm³/mol. The number of thiazole rings is 1. The predicted octanol–water partition coefficient (Wildman–Crippen LogP) is 5.81. The number of allylic oxidation sites excluding steroid dienone is 1. The average Bonchev–Trinajstić information content (AvgIpc) is 3.41. The largest absolute Gasteiger partial charge is 0.462 e. The van der Waals surface area contributed by atoms with Crippen molar-refractivity contribution < 1.29 is 9.53 Å². The minimum Gasteiger partial charge on any atom is -0.462 e. The number of carbonyl (C=O) groups is 1. The molecule has 0 amide bonds. The average molecular weight is 410 g/mol. The zero-order valence-corrected chi connectivity index (χ0v) is 17.0. The van der Waals surface area contributed by atoms with Crippen LogP contribution in [0.5, 0.6) is 0 Å². The smallest absolute Gasteiger partial charge is 0.338 e. The number of hydrogen-bond donors (Lipinski definition) is 1. The van der Waals surface area contributed by atoms with Crippen molar-refractivity contribution in [3.8, 4) is 16.6 Å². The van der Waals surface area contributed by atoms with Crippen LogP contribution in [0.4, 0.5) is 5.69 Å². The fourth-order valence-electron chi connectivity index (χ4n) is 2.33. The van der Waals surface area contributed by atoms with Gasteiger partial charge in [0.15, 0.2) is 0 Å². The summed E-state index contributed by atoms with van der Waals surface area (Å²) in [4.78, 5) is 17.5. The van der Waals surface area contributed by atoms with Crippen molar-refractivity contribution in [2.45, 2.75) is 19.8 Å². The number of nitriles is 1. The van der Waals surface area contributed by atoms with Gasteiger partial charge in [-0.05, 0) is 42.1 Å². The number of esters is 1. The van der Waals surface area contributed by atoms with Crippen LogP contribution in [0.3, 0.4) is 0 Å². The van der Waals surface area contributed by atoms with Crippen LogP contribution in [-0.4, -0.2) is 17.6 Å². The fraction of sp³-hybridized carbons (Fsp3) is 0.190. The quantitative estimate of drug-likeness (QED) is 0.289. The SMILES string of the molecule is CCCCOC(=O)c1ccc(N/C=C(\C#N)c2nc(-c3cccs3)cs2)cc1. The number of benzene rings is 1. The molecule has 2 heterocycles. The third kappa shape index (κ3) is 5.06. The minimum absolute atomic E-state index is 0.322. The Morgan fingerprint density at radius 1 is 1.29 bits per heavy atom. The van der Waals surface area contributed by atoms with Crippen molar-refractivity contribution >= 4 is 39.9 Å². The lowest BCUT2D eigenvalue weighted by molar-refractivity contribution is 0.0500. The van der Waals surface area contributed by atoms with Gasteiger partial charge in [0.1, 0.15) is 16.6 Å². The van der Waals surface area contributed by atoms with Crippen LogP contribution in [0.15, 0.2) is 53.4 Å². The maximum atomic E-state index is 11.9. The van der Waals surface area contributed by atoms with Gasteiger partial charge in [-0.2, -0.15) is 5.26 Å². The van der Waals surface area contributed by atoms with Crippen molar-refractivity contribution in [1.82, 2.24) is 4.98 Å². The van der Waals surface area contributed by atoms with Gasteiger partial charge in [0.25, 0.3) is 0 Å². The molecular formula is C21H19N3O2S2. The van der Waals surface area contributed by atoms with E-state index in [0.717, 1.165) is 29.1 Å². The molecule has 1 N–H and O–H groups in total. The number of nitrogens with zero attached hydrogens (tertiary/aromatic N) is 2. The number of hydrogen-bond acceptors (Lipinski definition) is 7. The van der Waals surface area contributed by atoms with E-state index in [0.29, 0.717) is 22.8 Å². The number of nitrogens with one attached hydrogen (secondary N) is 1. The first-order valence-electron chi connectivity index (χ1n) is 8.85. The van der Waals surface area contributed by atoms with Crippen molar-refractivity contribution in [2.75, 3.05) is 11.9 Å². The highest BCUT2D eigenvalue weighted by atomic mass is 32.1. The Bertz CT molecular complexity index is 984. The van der Waals surface area contributed by atoms with E-state index >= 15 is 0 Å². The summed E-state index contributed by atoms with van der Waals surface area (Å²) in [5, 5.41) is 17.2. The van der Waals surface area contributed by atoms with Crippen LogP contribution in [0.1, 0.15) is 35.1 Å². The Balaban J connectivity index is 1.65. The summed E-state index contributed by atoms with van der Waals surface area (Å²) in [5.74, 6) is -0.322. The van der Waals surface area contributed by atoms with Crippen LogP contribution in [0, 0.1) is 11.3 Å². The Kier molecular flexibility index (Phi) is 6.95. The minimum atomic E-state index is -0.322. The lowest BCUT2D eigenvalue weighted by Crippen LogP contribution is -2.06. The van der Waals surface area contributed by atoms with Crippen molar-refractivity contribution in [1.29, 1.82) is 5.26 Å². The van der Waals surface area contributed by atoms with Gasteiger partial charge < -0.3 is 10.1 Å². The summed E-state index contributed by atoms with van der Waals surface area (Å²) in [6.07, 6.45) is 3.47. The van der Waals surface area contributed by atoms with Gasteiger partial charge in [0.2, 0.25) is 0 Å². The molecule has 2 aromatic heterocycles. The summed E-state index contributed by atoms with van der Waals surface area (Å²) in [5.41, 5.74) is 2.61. The van der Waals surface area contributed by atoms with E-state index in [4.69, 9.17) is 4.74 Å². The highest BCUT2D eigenvalue weighted by Gasteiger charge is 2.10. The van der Waals surface area contributed by atoms with Crippen LogP contribution < -0.4 is 5.32 Å². The number of rotatable bonds is 8. The Morgan fingerprint density at radius 2 is 2.11 bits per heavy atom. The number of thiophene rings is 1. The second-order valence-corrected chi connectivity index (χ2v) is 7.70. The van der Waals surface area contributed by atoms with Gasteiger partial charge in [-0.1, -0.05) is 19.4 Å². The number of aromatic nitrogens is 1. The molecule has 0 unspecified atom stereocenters. The normalized spacial score (nSPS) is 11.1. The highest BCUT2D eigenvalue weighted by molar-refractivity contribution is 7.14. The maximum Gasteiger partial charge on any atom is 0.338 e. The van der Waals surface area contributed by atoms with E-state index < -0.39 is 0 Å². The summed E-state index contributed by atoms with van der Waals surface area (Å²) >= 11 is 3.05. The lowest BCUT2D eigenvalue weighted by Gasteiger charge is -2.05. The van der Waals surface area contributed by atoms with Crippen LogP contribution in [0.2, 0.25) is 0 Å². The number of ether oxygens (including phenoxy) is 1. The van der Waals surface area contributed by atoms with E-state index in [-0.39, 0.29) is 5.97 Å². The number of anilines is 1.